The van der Waals surface area contributed by atoms with Crippen LogP contribution in [0.3, 0.4) is 0 Å². The summed E-state index contributed by atoms with van der Waals surface area (Å²) in [5.74, 6) is 0.0900. The van der Waals surface area contributed by atoms with E-state index < -0.39 is 5.60 Å². The molecule has 0 aromatic rings. The summed E-state index contributed by atoms with van der Waals surface area (Å²) in [7, 11) is 0. The molecule has 3 nitrogen and oxygen atoms in total. The van der Waals surface area contributed by atoms with Gasteiger partial charge in [0.2, 0.25) is 0 Å². The van der Waals surface area contributed by atoms with Crippen LogP contribution in [0.2, 0.25) is 0 Å². The van der Waals surface area contributed by atoms with Crippen molar-refractivity contribution in [1.82, 2.24) is 5.32 Å². The van der Waals surface area contributed by atoms with Crippen molar-refractivity contribution in [3.63, 3.8) is 0 Å². The van der Waals surface area contributed by atoms with E-state index in [0.29, 0.717) is 6.42 Å². The maximum absolute atomic E-state index is 12.4. The molecule has 108 valence electrons. The van der Waals surface area contributed by atoms with Gasteiger partial charge in [0.25, 0.3) is 5.91 Å². The van der Waals surface area contributed by atoms with Crippen molar-refractivity contribution in [1.29, 1.82) is 0 Å². The molecule has 0 bridgehead atoms. The first-order valence-electron chi connectivity index (χ1n) is 8.22. The predicted octanol–water partition coefficient (Wildman–Crippen LogP) is 2.91. The van der Waals surface area contributed by atoms with Gasteiger partial charge in [0.1, 0.15) is 5.60 Å². The lowest BCUT2D eigenvalue weighted by molar-refractivity contribution is -0.139. The lowest BCUT2D eigenvalue weighted by atomic mass is 9.68. The van der Waals surface area contributed by atoms with Gasteiger partial charge in [-0.25, -0.2) is 0 Å². The van der Waals surface area contributed by atoms with Gasteiger partial charge in [-0.05, 0) is 25.7 Å². The highest BCUT2D eigenvalue weighted by atomic mass is 16.3. The molecule has 1 heterocycles. The fraction of sp³-hybridized carbons (Fsp3) is 0.938. The van der Waals surface area contributed by atoms with Crippen LogP contribution in [-0.2, 0) is 4.79 Å². The number of amides is 1. The van der Waals surface area contributed by atoms with Gasteiger partial charge in [-0.2, -0.15) is 0 Å². The van der Waals surface area contributed by atoms with Crippen LogP contribution in [0.5, 0.6) is 0 Å². The van der Waals surface area contributed by atoms with E-state index in [1.54, 1.807) is 0 Å². The monoisotopic (exact) mass is 265 g/mol. The Morgan fingerprint density at radius 3 is 2.16 bits per heavy atom. The lowest BCUT2D eigenvalue weighted by Crippen LogP contribution is -2.48. The first-order valence-corrected chi connectivity index (χ1v) is 8.22. The van der Waals surface area contributed by atoms with Crippen LogP contribution in [-0.4, -0.2) is 22.2 Å². The van der Waals surface area contributed by atoms with Gasteiger partial charge < -0.3 is 10.4 Å². The minimum atomic E-state index is -1.06. The Bertz CT molecular complexity index is 347. The van der Waals surface area contributed by atoms with Crippen molar-refractivity contribution >= 4 is 5.91 Å². The largest absolute Gasteiger partial charge is 0.380 e. The number of aliphatic hydroxyl groups is 1. The third-order valence-corrected chi connectivity index (χ3v) is 5.80. The van der Waals surface area contributed by atoms with Gasteiger partial charge in [-0.15, -0.1) is 0 Å². The summed E-state index contributed by atoms with van der Waals surface area (Å²) in [6.45, 7) is 0. The number of hydrogen-bond acceptors (Lipinski definition) is 2. The molecule has 0 aromatic heterocycles. The maximum atomic E-state index is 12.4. The molecule has 2 saturated carbocycles. The van der Waals surface area contributed by atoms with Crippen LogP contribution in [0.15, 0.2) is 0 Å². The van der Waals surface area contributed by atoms with Crippen LogP contribution in [0.25, 0.3) is 0 Å². The Hall–Kier alpha value is -0.570. The van der Waals surface area contributed by atoms with E-state index in [1.807, 2.05) is 0 Å². The zero-order valence-electron chi connectivity index (χ0n) is 11.9. The van der Waals surface area contributed by atoms with Crippen LogP contribution in [0, 0.1) is 5.92 Å². The third kappa shape index (κ3) is 2.20. The lowest BCUT2D eigenvalue weighted by Gasteiger charge is -2.39. The summed E-state index contributed by atoms with van der Waals surface area (Å²) in [6.07, 6.45) is 13.4. The minimum absolute atomic E-state index is 0.0682. The van der Waals surface area contributed by atoms with E-state index in [9.17, 15) is 9.90 Å². The quantitative estimate of drug-likeness (QED) is 0.707. The summed E-state index contributed by atoms with van der Waals surface area (Å²) in [5, 5.41) is 14.2. The Labute approximate surface area is 116 Å². The zero-order chi connectivity index (χ0) is 13.3. The SMILES string of the molecule is O=C1NC2(CCCCCC2)C2CCCCCCC12O. The summed E-state index contributed by atoms with van der Waals surface area (Å²) in [5.41, 5.74) is -1.15. The molecule has 1 amide bonds. The highest BCUT2D eigenvalue weighted by Gasteiger charge is 2.60. The molecule has 2 N–H and O–H groups in total. The predicted molar refractivity (Wildman–Crippen MR) is 74.7 cm³/mol. The third-order valence-electron chi connectivity index (χ3n) is 5.80. The van der Waals surface area contributed by atoms with Crippen LogP contribution < -0.4 is 5.32 Å². The number of fused-ring (bicyclic) bond motifs is 2. The Morgan fingerprint density at radius 2 is 1.47 bits per heavy atom. The molecular formula is C16H27NO2. The second kappa shape index (κ2) is 5.08. The number of nitrogens with one attached hydrogen (secondary N) is 1. The molecule has 2 aliphatic carbocycles. The highest BCUT2D eigenvalue weighted by molar-refractivity contribution is 5.89. The van der Waals surface area contributed by atoms with E-state index >= 15 is 0 Å². The maximum Gasteiger partial charge on any atom is 0.252 e. The summed E-state index contributed by atoms with van der Waals surface area (Å²) in [6, 6.07) is 0. The first kappa shape index (κ1) is 13.4. The Morgan fingerprint density at radius 1 is 0.895 bits per heavy atom. The summed E-state index contributed by atoms with van der Waals surface area (Å²) < 4.78 is 0. The molecule has 3 rings (SSSR count). The van der Waals surface area contributed by atoms with Gasteiger partial charge in [-0.3, -0.25) is 4.79 Å². The molecule has 1 saturated heterocycles. The normalized spacial score (nSPS) is 39.0. The topological polar surface area (TPSA) is 49.3 Å². The average Bonchev–Trinajstić information content (AvgIpc) is 2.55. The Balaban J connectivity index is 1.91. The number of carbonyl (C=O) groups is 1. The summed E-state index contributed by atoms with van der Waals surface area (Å²) >= 11 is 0. The number of hydrogen-bond donors (Lipinski definition) is 2. The summed E-state index contributed by atoms with van der Waals surface area (Å²) in [4.78, 5) is 12.4. The second-order valence-corrected chi connectivity index (χ2v) is 6.95. The fourth-order valence-electron chi connectivity index (χ4n) is 4.77. The molecule has 2 unspecified atom stereocenters. The highest BCUT2D eigenvalue weighted by Crippen LogP contribution is 2.48. The number of rotatable bonds is 0. The van der Waals surface area contributed by atoms with E-state index in [1.165, 1.54) is 38.5 Å². The van der Waals surface area contributed by atoms with Crippen LogP contribution in [0.1, 0.15) is 77.0 Å². The zero-order valence-corrected chi connectivity index (χ0v) is 11.9. The Kier molecular flexibility index (Phi) is 3.59. The minimum Gasteiger partial charge on any atom is -0.380 e. The molecule has 1 spiro atoms. The van der Waals surface area contributed by atoms with Crippen molar-refractivity contribution in [2.75, 3.05) is 0 Å². The van der Waals surface area contributed by atoms with Crippen LogP contribution in [0.4, 0.5) is 0 Å². The van der Waals surface area contributed by atoms with Gasteiger partial charge in [0, 0.05) is 11.5 Å². The molecular weight excluding hydrogens is 238 g/mol. The average molecular weight is 265 g/mol. The molecule has 0 aromatic carbocycles. The smallest absolute Gasteiger partial charge is 0.252 e. The molecule has 1 aliphatic heterocycles. The number of carbonyl (C=O) groups excluding carboxylic acids is 1. The molecule has 3 fully saturated rings. The van der Waals surface area contributed by atoms with Crippen molar-refractivity contribution in [3.8, 4) is 0 Å². The van der Waals surface area contributed by atoms with Gasteiger partial charge in [0.15, 0.2) is 0 Å². The van der Waals surface area contributed by atoms with Crippen molar-refractivity contribution in [2.24, 2.45) is 5.92 Å². The van der Waals surface area contributed by atoms with Gasteiger partial charge in [0.05, 0.1) is 0 Å². The van der Waals surface area contributed by atoms with E-state index in [4.69, 9.17) is 0 Å². The van der Waals surface area contributed by atoms with Gasteiger partial charge >= 0.3 is 0 Å². The standard InChI is InChI=1S/C16H27NO2/c18-14-16(19)12-8-2-1-5-9-13(16)15(17-14)10-6-3-4-7-11-15/h13,19H,1-12H2,(H,17,18). The fourth-order valence-corrected chi connectivity index (χ4v) is 4.77. The van der Waals surface area contributed by atoms with Crippen LogP contribution >= 0.6 is 0 Å². The van der Waals surface area contributed by atoms with E-state index in [-0.39, 0.29) is 17.4 Å². The van der Waals surface area contributed by atoms with Crippen molar-refractivity contribution in [3.05, 3.63) is 0 Å². The molecule has 19 heavy (non-hydrogen) atoms. The van der Waals surface area contributed by atoms with E-state index in [0.717, 1.165) is 32.1 Å². The molecule has 3 aliphatic rings. The first-order chi connectivity index (χ1) is 9.17. The van der Waals surface area contributed by atoms with Crippen molar-refractivity contribution in [2.45, 2.75) is 88.2 Å². The molecule has 2 atom stereocenters. The van der Waals surface area contributed by atoms with E-state index in [2.05, 4.69) is 5.32 Å². The molecule has 0 radical (unpaired) electrons. The van der Waals surface area contributed by atoms with Crippen molar-refractivity contribution < 1.29 is 9.90 Å². The second-order valence-electron chi connectivity index (χ2n) is 6.95. The van der Waals surface area contributed by atoms with Gasteiger partial charge in [-0.1, -0.05) is 51.4 Å². The molecule has 3 heteroatoms.